The van der Waals surface area contributed by atoms with E-state index in [9.17, 15) is 0 Å². The fraction of sp³-hybridized carbons (Fsp3) is 0.154. The SMILES string of the molecule is [B]c1ccc(N(c2ccc(C(C)(C)C)cc2)c2cccc3ccccc23)cc1. The summed E-state index contributed by atoms with van der Waals surface area (Å²) in [6, 6.07) is 31.9. The van der Waals surface area contributed by atoms with Gasteiger partial charge < -0.3 is 4.90 Å². The molecule has 0 saturated heterocycles. The monoisotopic (exact) mass is 361 g/mol. The lowest BCUT2D eigenvalue weighted by Crippen LogP contribution is -2.14. The van der Waals surface area contributed by atoms with Gasteiger partial charge in [-0.05, 0) is 46.7 Å². The highest BCUT2D eigenvalue weighted by Crippen LogP contribution is 2.39. The van der Waals surface area contributed by atoms with Crippen LogP contribution in [0.15, 0.2) is 91.0 Å². The Kier molecular flexibility index (Phi) is 4.72. The van der Waals surface area contributed by atoms with Gasteiger partial charge in [0.05, 0.1) is 5.69 Å². The summed E-state index contributed by atoms with van der Waals surface area (Å²) in [4.78, 5) is 2.30. The van der Waals surface area contributed by atoms with Crippen molar-refractivity contribution in [2.45, 2.75) is 26.2 Å². The van der Waals surface area contributed by atoms with Crippen LogP contribution in [0.3, 0.4) is 0 Å². The molecule has 0 bridgehead atoms. The van der Waals surface area contributed by atoms with E-state index >= 15 is 0 Å². The van der Waals surface area contributed by atoms with Crippen LogP contribution >= 0.6 is 0 Å². The van der Waals surface area contributed by atoms with Gasteiger partial charge in [-0.1, -0.05) is 86.9 Å². The number of hydrogen-bond acceptors (Lipinski definition) is 1. The fourth-order valence-corrected chi connectivity index (χ4v) is 3.56. The van der Waals surface area contributed by atoms with Crippen molar-refractivity contribution in [2.24, 2.45) is 0 Å². The number of rotatable bonds is 3. The van der Waals surface area contributed by atoms with Crippen LogP contribution in [0.25, 0.3) is 10.8 Å². The van der Waals surface area contributed by atoms with Crippen molar-refractivity contribution >= 4 is 41.1 Å². The lowest BCUT2D eigenvalue weighted by Gasteiger charge is -2.28. The molecule has 0 amide bonds. The highest BCUT2D eigenvalue weighted by Gasteiger charge is 2.17. The third-order valence-corrected chi connectivity index (χ3v) is 5.15. The maximum Gasteiger partial charge on any atom is 0.113 e. The Morgan fingerprint density at radius 3 is 1.86 bits per heavy atom. The smallest absolute Gasteiger partial charge is 0.113 e. The second-order valence-corrected chi connectivity index (χ2v) is 8.22. The molecule has 0 aliphatic carbocycles. The fourth-order valence-electron chi connectivity index (χ4n) is 3.56. The molecule has 1 nitrogen and oxygen atoms in total. The Balaban J connectivity index is 1.91. The van der Waals surface area contributed by atoms with E-state index in [0.29, 0.717) is 0 Å². The minimum absolute atomic E-state index is 0.129. The maximum absolute atomic E-state index is 5.94. The standard InChI is InChI=1S/C26H24BN/c1-26(2,3)20-11-15-22(16-12-20)28(23-17-13-21(27)14-18-23)25-10-6-8-19-7-4-5-9-24(19)25/h4-18H,1-3H3. The Labute approximate surface area is 169 Å². The molecule has 0 fully saturated rings. The first-order chi connectivity index (χ1) is 13.4. The zero-order chi connectivity index (χ0) is 19.7. The summed E-state index contributed by atoms with van der Waals surface area (Å²) in [6.45, 7) is 6.72. The Hall–Kier alpha value is -3.00. The number of hydrogen-bond donors (Lipinski definition) is 0. The van der Waals surface area contributed by atoms with E-state index in [1.807, 2.05) is 12.1 Å². The largest absolute Gasteiger partial charge is 0.310 e. The summed E-state index contributed by atoms with van der Waals surface area (Å²) in [5.41, 5.74) is 5.61. The Bertz CT molecular complexity index is 1080. The lowest BCUT2D eigenvalue weighted by molar-refractivity contribution is 0.590. The molecule has 0 aromatic heterocycles. The van der Waals surface area contributed by atoms with Crippen molar-refractivity contribution in [3.8, 4) is 0 Å². The van der Waals surface area contributed by atoms with Crippen molar-refractivity contribution in [1.29, 1.82) is 0 Å². The van der Waals surface area contributed by atoms with Gasteiger partial charge >= 0.3 is 0 Å². The number of nitrogens with zero attached hydrogens (tertiary/aromatic N) is 1. The van der Waals surface area contributed by atoms with Crippen molar-refractivity contribution in [2.75, 3.05) is 4.90 Å². The van der Waals surface area contributed by atoms with Gasteiger partial charge in [-0.15, -0.1) is 0 Å². The number of benzene rings is 4. The second kappa shape index (κ2) is 7.20. The van der Waals surface area contributed by atoms with Crippen LogP contribution in [0.1, 0.15) is 26.3 Å². The van der Waals surface area contributed by atoms with Gasteiger partial charge in [-0.2, -0.15) is 0 Å². The van der Waals surface area contributed by atoms with Gasteiger partial charge in [0.15, 0.2) is 0 Å². The number of anilines is 3. The molecule has 4 aromatic rings. The summed E-state index contributed by atoms with van der Waals surface area (Å²) in [7, 11) is 5.94. The zero-order valence-electron chi connectivity index (χ0n) is 16.7. The molecule has 0 unspecified atom stereocenters. The topological polar surface area (TPSA) is 3.24 Å². The summed E-state index contributed by atoms with van der Waals surface area (Å²) in [5.74, 6) is 0. The summed E-state index contributed by atoms with van der Waals surface area (Å²) in [5, 5.41) is 2.45. The van der Waals surface area contributed by atoms with E-state index in [0.717, 1.165) is 22.5 Å². The normalized spacial score (nSPS) is 11.5. The second-order valence-electron chi connectivity index (χ2n) is 8.22. The molecular formula is C26H24BN. The number of fused-ring (bicyclic) bond motifs is 1. The van der Waals surface area contributed by atoms with E-state index < -0.39 is 0 Å². The van der Waals surface area contributed by atoms with Crippen LogP contribution in [-0.2, 0) is 5.41 Å². The van der Waals surface area contributed by atoms with Crippen LogP contribution in [0, 0.1) is 0 Å². The Morgan fingerprint density at radius 2 is 1.21 bits per heavy atom. The molecule has 0 heterocycles. The molecule has 0 saturated carbocycles. The summed E-state index contributed by atoms with van der Waals surface area (Å²) < 4.78 is 0. The van der Waals surface area contributed by atoms with E-state index in [2.05, 4.69) is 105 Å². The van der Waals surface area contributed by atoms with E-state index in [4.69, 9.17) is 7.85 Å². The molecular weight excluding hydrogens is 337 g/mol. The molecule has 0 atom stereocenters. The van der Waals surface area contributed by atoms with Gasteiger partial charge in [0.1, 0.15) is 7.85 Å². The molecule has 4 rings (SSSR count). The first-order valence-electron chi connectivity index (χ1n) is 9.67. The third-order valence-electron chi connectivity index (χ3n) is 5.15. The van der Waals surface area contributed by atoms with Gasteiger partial charge in [0, 0.05) is 16.8 Å². The summed E-state index contributed by atoms with van der Waals surface area (Å²) in [6.07, 6.45) is 0. The third kappa shape index (κ3) is 3.55. The van der Waals surface area contributed by atoms with Gasteiger partial charge in [0.25, 0.3) is 0 Å². The zero-order valence-corrected chi connectivity index (χ0v) is 16.7. The lowest BCUT2D eigenvalue weighted by atomic mass is 9.87. The van der Waals surface area contributed by atoms with E-state index in [1.54, 1.807) is 0 Å². The van der Waals surface area contributed by atoms with Gasteiger partial charge in [-0.3, -0.25) is 0 Å². The average molecular weight is 361 g/mol. The highest BCUT2D eigenvalue weighted by molar-refractivity contribution is 6.32. The predicted octanol–water partition coefficient (Wildman–Crippen LogP) is 6.40. The first kappa shape index (κ1) is 18.4. The van der Waals surface area contributed by atoms with E-state index in [1.165, 1.54) is 16.3 Å². The van der Waals surface area contributed by atoms with Crippen molar-refractivity contribution in [3.63, 3.8) is 0 Å². The predicted molar refractivity (Wildman–Crippen MR) is 123 cm³/mol. The molecule has 136 valence electrons. The van der Waals surface area contributed by atoms with Gasteiger partial charge in [0.2, 0.25) is 0 Å². The van der Waals surface area contributed by atoms with Crippen LogP contribution in [0.5, 0.6) is 0 Å². The molecule has 0 spiro atoms. The maximum atomic E-state index is 5.94. The van der Waals surface area contributed by atoms with E-state index in [-0.39, 0.29) is 5.41 Å². The minimum Gasteiger partial charge on any atom is -0.310 e. The molecule has 28 heavy (non-hydrogen) atoms. The first-order valence-corrected chi connectivity index (χ1v) is 9.67. The molecule has 2 heteroatoms. The molecule has 0 N–H and O–H groups in total. The molecule has 0 aliphatic rings. The molecule has 4 aromatic carbocycles. The molecule has 2 radical (unpaired) electrons. The summed E-state index contributed by atoms with van der Waals surface area (Å²) >= 11 is 0. The Morgan fingerprint density at radius 1 is 0.643 bits per heavy atom. The van der Waals surface area contributed by atoms with Gasteiger partial charge in [-0.25, -0.2) is 0 Å². The van der Waals surface area contributed by atoms with Crippen molar-refractivity contribution in [3.05, 3.63) is 96.6 Å². The van der Waals surface area contributed by atoms with Crippen LogP contribution < -0.4 is 10.4 Å². The van der Waals surface area contributed by atoms with Crippen LogP contribution in [0.4, 0.5) is 17.1 Å². The molecule has 0 aliphatic heterocycles. The van der Waals surface area contributed by atoms with Crippen molar-refractivity contribution < 1.29 is 0 Å². The highest BCUT2D eigenvalue weighted by atomic mass is 15.1. The minimum atomic E-state index is 0.129. The van der Waals surface area contributed by atoms with Crippen LogP contribution in [-0.4, -0.2) is 7.85 Å². The average Bonchev–Trinajstić information content (AvgIpc) is 2.70. The van der Waals surface area contributed by atoms with Crippen molar-refractivity contribution in [1.82, 2.24) is 0 Å². The quantitative estimate of drug-likeness (QED) is 0.382. The van der Waals surface area contributed by atoms with Crippen LogP contribution in [0.2, 0.25) is 0 Å².